The van der Waals surface area contributed by atoms with Gasteiger partial charge in [0.25, 0.3) is 0 Å². The molecule has 7 nitrogen and oxygen atoms in total. The molecule has 1 aromatic heterocycles. The predicted molar refractivity (Wildman–Crippen MR) is 95.9 cm³/mol. The predicted octanol–water partition coefficient (Wildman–Crippen LogP) is 0.000100. The molecule has 0 bridgehead atoms. The van der Waals surface area contributed by atoms with Gasteiger partial charge in [0.05, 0.1) is 31.1 Å². The monoisotopic (exact) mass is 380 g/mol. The SMILES string of the molecule is C=CC[NH2+][C@@H](CC(=O)Nc1sc2c(c1C(=O)OCC)CCCC2)C(=O)[O-]. The van der Waals surface area contributed by atoms with Gasteiger partial charge < -0.3 is 25.3 Å². The van der Waals surface area contributed by atoms with E-state index in [1.807, 2.05) is 0 Å². The Labute approximate surface area is 156 Å². The zero-order chi connectivity index (χ0) is 19.1. The molecule has 1 aliphatic carbocycles. The van der Waals surface area contributed by atoms with Crippen LogP contribution in [0.25, 0.3) is 0 Å². The Balaban J connectivity index is 2.18. The minimum absolute atomic E-state index is 0.249. The molecule has 1 amide bonds. The van der Waals surface area contributed by atoms with Crippen LogP contribution in [0.15, 0.2) is 12.7 Å². The van der Waals surface area contributed by atoms with Gasteiger partial charge in [0.2, 0.25) is 5.91 Å². The molecular formula is C18H24N2O5S. The molecule has 1 heterocycles. The molecule has 3 N–H and O–H groups in total. The molecule has 2 rings (SSSR count). The summed E-state index contributed by atoms with van der Waals surface area (Å²) in [5, 5.41) is 15.8. The molecule has 1 atom stereocenters. The number of carboxylic acid groups (broad SMARTS) is 1. The summed E-state index contributed by atoms with van der Waals surface area (Å²) in [4.78, 5) is 37.0. The number of rotatable bonds is 9. The lowest BCUT2D eigenvalue weighted by Gasteiger charge is -2.15. The van der Waals surface area contributed by atoms with Crippen molar-refractivity contribution in [1.82, 2.24) is 0 Å². The first-order valence-corrected chi connectivity index (χ1v) is 9.56. The van der Waals surface area contributed by atoms with Crippen molar-refractivity contribution >= 4 is 34.2 Å². The fourth-order valence-corrected chi connectivity index (χ4v) is 4.27. The summed E-state index contributed by atoms with van der Waals surface area (Å²) >= 11 is 1.38. The molecule has 26 heavy (non-hydrogen) atoms. The number of carboxylic acids is 1. The van der Waals surface area contributed by atoms with Crippen molar-refractivity contribution in [3.8, 4) is 0 Å². The van der Waals surface area contributed by atoms with E-state index in [2.05, 4.69) is 11.9 Å². The Bertz CT molecular complexity index is 698. The van der Waals surface area contributed by atoms with Crippen molar-refractivity contribution in [3.63, 3.8) is 0 Å². The van der Waals surface area contributed by atoms with Crippen molar-refractivity contribution in [2.24, 2.45) is 0 Å². The van der Waals surface area contributed by atoms with Gasteiger partial charge in [-0.2, -0.15) is 0 Å². The second-order valence-electron chi connectivity index (χ2n) is 6.07. The summed E-state index contributed by atoms with van der Waals surface area (Å²) in [5.74, 6) is -2.22. The van der Waals surface area contributed by atoms with Gasteiger partial charge in [0, 0.05) is 4.88 Å². The minimum Gasteiger partial charge on any atom is -0.544 e. The summed E-state index contributed by atoms with van der Waals surface area (Å²) in [6.45, 7) is 5.88. The third kappa shape index (κ3) is 4.92. The van der Waals surface area contributed by atoms with Crippen LogP contribution in [-0.4, -0.2) is 37.0 Å². The second kappa shape index (κ2) is 9.49. The molecule has 1 aromatic rings. The number of quaternary nitrogens is 1. The first-order valence-electron chi connectivity index (χ1n) is 8.74. The first-order chi connectivity index (χ1) is 12.5. The van der Waals surface area contributed by atoms with E-state index in [9.17, 15) is 19.5 Å². The number of thiophene rings is 1. The van der Waals surface area contributed by atoms with Crippen LogP contribution < -0.4 is 15.7 Å². The van der Waals surface area contributed by atoms with Crippen LogP contribution >= 0.6 is 11.3 Å². The number of aryl methyl sites for hydroxylation is 1. The van der Waals surface area contributed by atoms with Crippen LogP contribution in [0.1, 0.15) is 47.0 Å². The number of fused-ring (bicyclic) bond motifs is 1. The Hall–Kier alpha value is -2.19. The molecule has 1 aliphatic rings. The molecular weight excluding hydrogens is 356 g/mol. The Kier molecular flexibility index (Phi) is 7.35. The third-order valence-electron chi connectivity index (χ3n) is 4.20. The lowest BCUT2D eigenvalue weighted by molar-refractivity contribution is -0.674. The number of ether oxygens (including phenoxy) is 1. The Morgan fingerprint density at radius 1 is 1.38 bits per heavy atom. The maximum Gasteiger partial charge on any atom is 0.341 e. The second-order valence-corrected chi connectivity index (χ2v) is 7.18. The molecule has 0 saturated heterocycles. The van der Waals surface area contributed by atoms with E-state index < -0.39 is 23.9 Å². The normalized spacial score (nSPS) is 14.2. The number of esters is 1. The van der Waals surface area contributed by atoms with Crippen LogP contribution in [0.5, 0.6) is 0 Å². The quantitative estimate of drug-likeness (QED) is 0.463. The lowest BCUT2D eigenvalue weighted by Crippen LogP contribution is -2.93. The largest absolute Gasteiger partial charge is 0.544 e. The number of carbonyl (C=O) groups is 3. The van der Waals surface area contributed by atoms with Gasteiger partial charge in [-0.3, -0.25) is 4.79 Å². The van der Waals surface area contributed by atoms with Crippen LogP contribution in [0.2, 0.25) is 0 Å². The van der Waals surface area contributed by atoms with E-state index in [0.717, 1.165) is 36.1 Å². The summed E-state index contributed by atoms with van der Waals surface area (Å²) in [5.41, 5.74) is 1.37. The molecule has 0 unspecified atom stereocenters. The van der Waals surface area contributed by atoms with Crippen LogP contribution in [-0.2, 0) is 27.2 Å². The van der Waals surface area contributed by atoms with E-state index in [-0.39, 0.29) is 13.0 Å². The standard InChI is InChI=1S/C18H24N2O5S/c1-3-9-19-12(17(22)23)10-14(21)20-16-15(18(24)25-4-2)11-7-5-6-8-13(11)26-16/h3,12,19H,1,4-10H2,2H3,(H,20,21)(H,22,23)/t12-/m0/s1. The lowest BCUT2D eigenvalue weighted by atomic mass is 9.95. The molecule has 0 spiro atoms. The fourth-order valence-electron chi connectivity index (χ4n) is 2.97. The minimum atomic E-state index is -1.31. The number of carbonyl (C=O) groups excluding carboxylic acids is 3. The van der Waals surface area contributed by atoms with Gasteiger partial charge in [0.1, 0.15) is 11.0 Å². The topological polar surface area (TPSA) is 112 Å². The number of hydrogen-bond donors (Lipinski definition) is 2. The zero-order valence-corrected chi connectivity index (χ0v) is 15.7. The number of aliphatic carboxylic acids is 1. The highest BCUT2D eigenvalue weighted by Crippen LogP contribution is 2.38. The van der Waals surface area contributed by atoms with Crippen LogP contribution in [0, 0.1) is 0 Å². The average Bonchev–Trinajstić information content (AvgIpc) is 2.96. The number of anilines is 1. The maximum atomic E-state index is 12.4. The van der Waals surface area contributed by atoms with Crippen molar-refractivity contribution in [2.45, 2.75) is 45.1 Å². The van der Waals surface area contributed by atoms with E-state index in [1.165, 1.54) is 16.7 Å². The van der Waals surface area contributed by atoms with Gasteiger partial charge in [0.15, 0.2) is 0 Å². The number of amides is 1. The number of nitrogens with two attached hydrogens (primary N) is 1. The van der Waals surface area contributed by atoms with Gasteiger partial charge in [-0.15, -0.1) is 11.3 Å². The van der Waals surface area contributed by atoms with Gasteiger partial charge >= 0.3 is 5.97 Å². The van der Waals surface area contributed by atoms with E-state index >= 15 is 0 Å². The summed E-state index contributed by atoms with van der Waals surface area (Å²) in [7, 11) is 0. The Morgan fingerprint density at radius 2 is 2.12 bits per heavy atom. The van der Waals surface area contributed by atoms with E-state index in [1.54, 1.807) is 13.0 Å². The highest BCUT2D eigenvalue weighted by atomic mass is 32.1. The molecule has 0 saturated carbocycles. The third-order valence-corrected chi connectivity index (χ3v) is 5.41. The summed E-state index contributed by atoms with van der Waals surface area (Å²) < 4.78 is 5.14. The van der Waals surface area contributed by atoms with Gasteiger partial charge in [-0.05, 0) is 44.2 Å². The zero-order valence-electron chi connectivity index (χ0n) is 14.8. The van der Waals surface area contributed by atoms with Crippen molar-refractivity contribution in [3.05, 3.63) is 28.7 Å². The number of hydrogen-bond acceptors (Lipinski definition) is 6. The van der Waals surface area contributed by atoms with Crippen LogP contribution in [0.4, 0.5) is 5.00 Å². The van der Waals surface area contributed by atoms with Crippen molar-refractivity contribution < 1.29 is 29.5 Å². The molecule has 0 radical (unpaired) electrons. The number of nitrogens with one attached hydrogen (secondary N) is 1. The molecule has 0 aromatic carbocycles. The fraction of sp³-hybridized carbons (Fsp3) is 0.500. The molecule has 8 heteroatoms. The van der Waals surface area contributed by atoms with Gasteiger partial charge in [-0.1, -0.05) is 6.58 Å². The highest BCUT2D eigenvalue weighted by Gasteiger charge is 2.28. The smallest absolute Gasteiger partial charge is 0.341 e. The molecule has 142 valence electrons. The highest BCUT2D eigenvalue weighted by molar-refractivity contribution is 7.17. The average molecular weight is 380 g/mol. The van der Waals surface area contributed by atoms with E-state index in [0.29, 0.717) is 17.1 Å². The van der Waals surface area contributed by atoms with Crippen LogP contribution in [0.3, 0.4) is 0 Å². The molecule has 0 aliphatic heterocycles. The maximum absolute atomic E-state index is 12.4. The van der Waals surface area contributed by atoms with Crippen molar-refractivity contribution in [1.29, 1.82) is 0 Å². The Morgan fingerprint density at radius 3 is 2.77 bits per heavy atom. The van der Waals surface area contributed by atoms with Gasteiger partial charge in [-0.25, -0.2) is 4.79 Å². The van der Waals surface area contributed by atoms with E-state index in [4.69, 9.17) is 4.74 Å². The summed E-state index contributed by atoms with van der Waals surface area (Å²) in [6.07, 6.45) is 5.00. The first kappa shape index (κ1) is 20.1. The summed E-state index contributed by atoms with van der Waals surface area (Å²) in [6, 6.07) is -1.01. The van der Waals surface area contributed by atoms with Crippen molar-refractivity contribution in [2.75, 3.05) is 18.5 Å². The molecule has 0 fully saturated rings.